The number of hydrogen-bond acceptors (Lipinski definition) is 3. The van der Waals surface area contributed by atoms with Gasteiger partial charge in [-0.15, -0.1) is 11.8 Å². The van der Waals surface area contributed by atoms with Crippen LogP contribution >= 0.6 is 23.4 Å². The van der Waals surface area contributed by atoms with Gasteiger partial charge in [-0.3, -0.25) is 4.79 Å². The molecule has 0 aliphatic heterocycles. The Balaban J connectivity index is 1.88. The Labute approximate surface area is 154 Å². The van der Waals surface area contributed by atoms with Crippen molar-refractivity contribution in [3.8, 4) is 5.69 Å². The number of nitrogens with zero attached hydrogens (tertiary/aromatic N) is 2. The van der Waals surface area contributed by atoms with Crippen LogP contribution in [0, 0.1) is 12.7 Å². The zero-order valence-corrected chi connectivity index (χ0v) is 15.2. The number of aryl methyl sites for hydroxylation is 1. The molecule has 2 aromatic carbocycles. The van der Waals surface area contributed by atoms with Gasteiger partial charge in [-0.25, -0.2) is 9.07 Å². The van der Waals surface area contributed by atoms with Crippen LogP contribution in [0.4, 0.5) is 10.1 Å². The first-order valence-electron chi connectivity index (χ1n) is 7.46. The number of halogens is 2. The van der Waals surface area contributed by atoms with E-state index in [1.165, 1.54) is 16.8 Å². The molecule has 1 N–H and O–H groups in total. The minimum atomic E-state index is -0.351. The number of hydrogen-bond donors (Lipinski definition) is 1. The van der Waals surface area contributed by atoms with Crippen molar-refractivity contribution in [2.45, 2.75) is 11.8 Å². The summed E-state index contributed by atoms with van der Waals surface area (Å²) in [6.07, 6.45) is 1.99. The second kappa shape index (κ2) is 7.29. The van der Waals surface area contributed by atoms with Crippen molar-refractivity contribution in [3.63, 3.8) is 0 Å². The molecule has 0 spiro atoms. The minimum absolute atomic E-state index is 0.183. The molecule has 0 aliphatic carbocycles. The number of benzene rings is 2. The number of rotatable bonds is 4. The zero-order valence-electron chi connectivity index (χ0n) is 13.6. The second-order valence-corrected chi connectivity index (χ2v) is 6.56. The summed E-state index contributed by atoms with van der Waals surface area (Å²) in [6.45, 7) is 1.71. The Hall–Kier alpha value is -2.31. The third-order valence-electron chi connectivity index (χ3n) is 3.65. The highest BCUT2D eigenvalue weighted by molar-refractivity contribution is 7.98. The fourth-order valence-electron chi connectivity index (χ4n) is 2.38. The summed E-state index contributed by atoms with van der Waals surface area (Å²) in [7, 11) is 0. The standard InChI is InChI=1S/C18H15ClFN3OS/c1-11-16(18(24)21-13-5-9-15(25-2)10-6-13)17(19)23(22-11)14-7-3-12(20)4-8-14/h3-10H,1-2H3,(H,21,24). The first-order valence-corrected chi connectivity index (χ1v) is 9.06. The van der Waals surface area contributed by atoms with Crippen LogP contribution in [0.15, 0.2) is 53.4 Å². The molecule has 1 amide bonds. The van der Waals surface area contributed by atoms with E-state index in [0.29, 0.717) is 22.6 Å². The third-order valence-corrected chi connectivity index (χ3v) is 4.74. The smallest absolute Gasteiger partial charge is 0.260 e. The van der Waals surface area contributed by atoms with Gasteiger partial charge in [0.2, 0.25) is 0 Å². The highest BCUT2D eigenvalue weighted by atomic mass is 35.5. The molecule has 25 heavy (non-hydrogen) atoms. The number of anilines is 1. The van der Waals surface area contributed by atoms with Gasteiger partial charge in [0.25, 0.3) is 5.91 Å². The summed E-state index contributed by atoms with van der Waals surface area (Å²) in [5.74, 6) is -0.692. The van der Waals surface area contributed by atoms with Gasteiger partial charge in [0, 0.05) is 10.6 Å². The van der Waals surface area contributed by atoms with E-state index < -0.39 is 0 Å². The normalized spacial score (nSPS) is 10.7. The van der Waals surface area contributed by atoms with Gasteiger partial charge in [0.1, 0.15) is 16.5 Å². The van der Waals surface area contributed by atoms with Gasteiger partial charge >= 0.3 is 0 Å². The van der Waals surface area contributed by atoms with Gasteiger partial charge in [-0.05, 0) is 61.7 Å². The van der Waals surface area contributed by atoms with Crippen LogP contribution in [0.5, 0.6) is 0 Å². The van der Waals surface area contributed by atoms with Crippen molar-refractivity contribution in [2.75, 3.05) is 11.6 Å². The van der Waals surface area contributed by atoms with E-state index in [0.717, 1.165) is 4.90 Å². The molecule has 0 saturated carbocycles. The topological polar surface area (TPSA) is 46.9 Å². The van der Waals surface area contributed by atoms with Crippen molar-refractivity contribution in [1.29, 1.82) is 0 Å². The molecule has 0 aliphatic rings. The molecular formula is C18H15ClFN3OS. The lowest BCUT2D eigenvalue weighted by atomic mass is 10.2. The predicted octanol–water partition coefficient (Wildman–Crippen LogP) is 4.95. The monoisotopic (exact) mass is 375 g/mol. The van der Waals surface area contributed by atoms with Crippen LogP contribution in [0.3, 0.4) is 0 Å². The van der Waals surface area contributed by atoms with Crippen molar-refractivity contribution in [2.24, 2.45) is 0 Å². The lowest BCUT2D eigenvalue weighted by Gasteiger charge is -2.06. The minimum Gasteiger partial charge on any atom is -0.322 e. The van der Waals surface area contributed by atoms with Crippen LogP contribution in [-0.4, -0.2) is 21.9 Å². The molecule has 128 valence electrons. The molecule has 4 nitrogen and oxygen atoms in total. The Morgan fingerprint density at radius 3 is 2.40 bits per heavy atom. The number of carbonyl (C=O) groups is 1. The van der Waals surface area contributed by atoms with Gasteiger partial charge in [0.15, 0.2) is 0 Å². The lowest BCUT2D eigenvalue weighted by molar-refractivity contribution is 0.102. The fourth-order valence-corrected chi connectivity index (χ4v) is 3.14. The van der Waals surface area contributed by atoms with Crippen LogP contribution in [0.2, 0.25) is 5.15 Å². The van der Waals surface area contributed by atoms with Gasteiger partial charge in [-0.2, -0.15) is 5.10 Å². The fraction of sp³-hybridized carbons (Fsp3) is 0.111. The molecular weight excluding hydrogens is 361 g/mol. The molecule has 0 unspecified atom stereocenters. The summed E-state index contributed by atoms with van der Waals surface area (Å²) in [4.78, 5) is 13.7. The molecule has 1 heterocycles. The summed E-state index contributed by atoms with van der Waals surface area (Å²) < 4.78 is 14.5. The van der Waals surface area contributed by atoms with E-state index in [1.54, 1.807) is 30.8 Å². The van der Waals surface area contributed by atoms with E-state index >= 15 is 0 Å². The molecule has 0 atom stereocenters. The van der Waals surface area contributed by atoms with E-state index in [-0.39, 0.29) is 16.9 Å². The Bertz CT molecular complexity index is 907. The van der Waals surface area contributed by atoms with Gasteiger partial charge in [0.05, 0.1) is 11.4 Å². The molecule has 3 rings (SSSR count). The molecule has 7 heteroatoms. The Morgan fingerprint density at radius 2 is 1.80 bits per heavy atom. The average molecular weight is 376 g/mol. The SMILES string of the molecule is CSc1ccc(NC(=O)c2c(C)nn(-c3ccc(F)cc3)c2Cl)cc1. The first-order chi connectivity index (χ1) is 12.0. The maximum atomic E-state index is 13.1. The van der Waals surface area contributed by atoms with Gasteiger partial charge in [-0.1, -0.05) is 11.6 Å². The van der Waals surface area contributed by atoms with Crippen molar-refractivity contribution >= 4 is 35.0 Å². The largest absolute Gasteiger partial charge is 0.322 e. The summed E-state index contributed by atoms with van der Waals surface area (Å²) in [5, 5.41) is 7.30. The van der Waals surface area contributed by atoms with Crippen LogP contribution < -0.4 is 5.32 Å². The number of aromatic nitrogens is 2. The van der Waals surface area contributed by atoms with Crippen molar-refractivity contribution in [1.82, 2.24) is 9.78 Å². The molecule has 3 aromatic rings. The summed E-state index contributed by atoms with van der Waals surface area (Å²) in [6, 6.07) is 13.3. The maximum Gasteiger partial charge on any atom is 0.260 e. The van der Waals surface area contributed by atoms with Crippen LogP contribution in [0.1, 0.15) is 16.1 Å². The highest BCUT2D eigenvalue weighted by Gasteiger charge is 2.21. The number of carbonyl (C=O) groups excluding carboxylic acids is 1. The first kappa shape index (κ1) is 17.5. The van der Waals surface area contributed by atoms with Crippen LogP contribution in [-0.2, 0) is 0 Å². The quantitative estimate of drug-likeness (QED) is 0.656. The van der Waals surface area contributed by atoms with E-state index in [9.17, 15) is 9.18 Å². The number of thioether (sulfide) groups is 1. The third kappa shape index (κ3) is 3.70. The lowest BCUT2D eigenvalue weighted by Crippen LogP contribution is -2.13. The van der Waals surface area contributed by atoms with Crippen molar-refractivity contribution < 1.29 is 9.18 Å². The molecule has 0 fully saturated rings. The summed E-state index contributed by atoms with van der Waals surface area (Å²) >= 11 is 7.98. The molecule has 0 bridgehead atoms. The zero-order chi connectivity index (χ0) is 18.0. The van der Waals surface area contributed by atoms with E-state index in [4.69, 9.17) is 11.6 Å². The number of nitrogens with one attached hydrogen (secondary N) is 1. The Morgan fingerprint density at radius 1 is 1.16 bits per heavy atom. The van der Waals surface area contributed by atoms with E-state index in [2.05, 4.69) is 10.4 Å². The van der Waals surface area contributed by atoms with Crippen molar-refractivity contribution in [3.05, 3.63) is 70.8 Å². The molecule has 1 aromatic heterocycles. The van der Waals surface area contributed by atoms with E-state index in [1.807, 2.05) is 30.5 Å². The van der Waals surface area contributed by atoms with Crippen LogP contribution in [0.25, 0.3) is 5.69 Å². The number of amides is 1. The predicted molar refractivity (Wildman–Crippen MR) is 99.4 cm³/mol. The summed E-state index contributed by atoms with van der Waals surface area (Å²) in [5.41, 5.74) is 2.04. The average Bonchev–Trinajstić information content (AvgIpc) is 2.91. The highest BCUT2D eigenvalue weighted by Crippen LogP contribution is 2.25. The second-order valence-electron chi connectivity index (χ2n) is 5.32. The Kier molecular flexibility index (Phi) is 5.11. The molecule has 0 radical (unpaired) electrons. The molecule has 0 saturated heterocycles. The van der Waals surface area contributed by atoms with Gasteiger partial charge < -0.3 is 5.32 Å². The maximum absolute atomic E-state index is 13.1.